The van der Waals surface area contributed by atoms with Crippen LogP contribution < -0.4 is 21.9 Å². The van der Waals surface area contributed by atoms with Crippen LogP contribution >= 0.6 is 0 Å². The SMILES string of the molecule is CCNC(=O)C(C)NC(=O)c1ccc(NN)cc1C. The topological polar surface area (TPSA) is 96.2 Å². The third-order valence-electron chi connectivity index (χ3n) is 2.73. The smallest absolute Gasteiger partial charge is 0.252 e. The fraction of sp³-hybridized carbons (Fsp3) is 0.385. The van der Waals surface area contributed by atoms with Crippen molar-refractivity contribution in [1.82, 2.24) is 10.6 Å². The van der Waals surface area contributed by atoms with E-state index < -0.39 is 6.04 Å². The molecule has 0 fully saturated rings. The Labute approximate surface area is 112 Å². The summed E-state index contributed by atoms with van der Waals surface area (Å²) in [5.74, 6) is 4.82. The molecule has 19 heavy (non-hydrogen) atoms. The molecular weight excluding hydrogens is 244 g/mol. The Hall–Kier alpha value is -2.08. The van der Waals surface area contributed by atoms with E-state index in [1.165, 1.54) is 0 Å². The van der Waals surface area contributed by atoms with Crippen molar-refractivity contribution in [3.63, 3.8) is 0 Å². The number of nitrogen functional groups attached to an aromatic ring is 1. The van der Waals surface area contributed by atoms with Crippen molar-refractivity contribution in [2.45, 2.75) is 26.8 Å². The highest BCUT2D eigenvalue weighted by Gasteiger charge is 2.17. The number of likely N-dealkylation sites (N-methyl/N-ethyl adjacent to an activating group) is 1. The first-order valence-corrected chi connectivity index (χ1v) is 6.15. The second kappa shape index (κ2) is 6.75. The number of hydrogen-bond acceptors (Lipinski definition) is 4. The summed E-state index contributed by atoms with van der Waals surface area (Å²) in [7, 11) is 0. The maximum absolute atomic E-state index is 12.0. The van der Waals surface area contributed by atoms with E-state index in [1.807, 2.05) is 13.8 Å². The van der Waals surface area contributed by atoms with Gasteiger partial charge in [0.15, 0.2) is 0 Å². The lowest BCUT2D eigenvalue weighted by atomic mass is 10.1. The van der Waals surface area contributed by atoms with Crippen LogP contribution in [0.15, 0.2) is 18.2 Å². The van der Waals surface area contributed by atoms with Gasteiger partial charge in [0.25, 0.3) is 5.91 Å². The first-order chi connectivity index (χ1) is 8.99. The van der Waals surface area contributed by atoms with Gasteiger partial charge in [0, 0.05) is 17.8 Å². The molecule has 1 aromatic rings. The molecule has 1 atom stereocenters. The van der Waals surface area contributed by atoms with Crippen molar-refractivity contribution in [1.29, 1.82) is 0 Å². The maximum atomic E-state index is 12.0. The zero-order chi connectivity index (χ0) is 14.4. The Balaban J connectivity index is 2.75. The number of hydrazine groups is 1. The number of nitrogens with one attached hydrogen (secondary N) is 3. The Morgan fingerprint density at radius 3 is 2.58 bits per heavy atom. The number of rotatable bonds is 5. The quantitative estimate of drug-likeness (QED) is 0.461. The van der Waals surface area contributed by atoms with Crippen LogP contribution in [0, 0.1) is 6.92 Å². The van der Waals surface area contributed by atoms with E-state index in [-0.39, 0.29) is 11.8 Å². The molecule has 1 aromatic carbocycles. The van der Waals surface area contributed by atoms with Crippen molar-refractivity contribution in [2.75, 3.05) is 12.0 Å². The van der Waals surface area contributed by atoms with E-state index in [2.05, 4.69) is 16.1 Å². The summed E-state index contributed by atoms with van der Waals surface area (Å²) in [6.07, 6.45) is 0. The number of benzene rings is 1. The molecule has 1 unspecified atom stereocenters. The van der Waals surface area contributed by atoms with Gasteiger partial charge in [-0.15, -0.1) is 0 Å². The lowest BCUT2D eigenvalue weighted by Gasteiger charge is -2.14. The van der Waals surface area contributed by atoms with Crippen LogP contribution in [0.1, 0.15) is 29.8 Å². The molecule has 0 saturated heterocycles. The Morgan fingerprint density at radius 2 is 2.05 bits per heavy atom. The summed E-state index contributed by atoms with van der Waals surface area (Å²) >= 11 is 0. The first kappa shape index (κ1) is 15.0. The number of amides is 2. The second-order valence-electron chi connectivity index (χ2n) is 4.26. The summed E-state index contributed by atoms with van der Waals surface area (Å²) < 4.78 is 0. The first-order valence-electron chi connectivity index (χ1n) is 6.15. The van der Waals surface area contributed by atoms with E-state index in [0.29, 0.717) is 12.1 Å². The van der Waals surface area contributed by atoms with Crippen LogP contribution in [0.4, 0.5) is 5.69 Å². The maximum Gasteiger partial charge on any atom is 0.252 e. The van der Waals surface area contributed by atoms with Crippen LogP contribution in [0.25, 0.3) is 0 Å². The average Bonchev–Trinajstić information content (AvgIpc) is 2.38. The standard InChI is InChI=1S/C13H20N4O2/c1-4-15-12(18)9(3)16-13(19)11-6-5-10(17-14)7-8(11)2/h5-7,9,17H,4,14H2,1-3H3,(H,15,18)(H,16,19). The van der Waals surface area contributed by atoms with Gasteiger partial charge in [-0.05, 0) is 44.5 Å². The molecule has 2 amide bonds. The minimum absolute atomic E-state index is 0.200. The van der Waals surface area contributed by atoms with E-state index in [4.69, 9.17) is 5.84 Å². The molecule has 1 rings (SSSR count). The molecule has 6 nitrogen and oxygen atoms in total. The number of carbonyl (C=O) groups is 2. The third kappa shape index (κ3) is 3.96. The fourth-order valence-corrected chi connectivity index (χ4v) is 1.68. The molecule has 0 radical (unpaired) electrons. The molecule has 0 aromatic heterocycles. The van der Waals surface area contributed by atoms with Gasteiger partial charge in [0.05, 0.1) is 0 Å². The Kier molecular flexibility index (Phi) is 5.32. The van der Waals surface area contributed by atoms with Crippen LogP contribution in [-0.2, 0) is 4.79 Å². The van der Waals surface area contributed by atoms with Crippen molar-refractivity contribution < 1.29 is 9.59 Å². The normalized spacial score (nSPS) is 11.6. The number of hydrogen-bond donors (Lipinski definition) is 4. The number of nitrogens with two attached hydrogens (primary N) is 1. The molecule has 0 bridgehead atoms. The highest BCUT2D eigenvalue weighted by atomic mass is 16.2. The molecule has 6 heteroatoms. The number of carbonyl (C=O) groups excluding carboxylic acids is 2. The van der Waals surface area contributed by atoms with Gasteiger partial charge < -0.3 is 16.1 Å². The lowest BCUT2D eigenvalue weighted by molar-refractivity contribution is -0.122. The van der Waals surface area contributed by atoms with E-state index in [1.54, 1.807) is 25.1 Å². The zero-order valence-electron chi connectivity index (χ0n) is 11.4. The summed E-state index contributed by atoms with van der Waals surface area (Å²) in [6, 6.07) is 4.58. The van der Waals surface area contributed by atoms with Gasteiger partial charge in [-0.3, -0.25) is 15.4 Å². The van der Waals surface area contributed by atoms with Crippen molar-refractivity contribution in [3.8, 4) is 0 Å². The Morgan fingerprint density at radius 1 is 1.37 bits per heavy atom. The van der Waals surface area contributed by atoms with Gasteiger partial charge in [0.2, 0.25) is 5.91 Å². The molecular formula is C13H20N4O2. The van der Waals surface area contributed by atoms with Crippen molar-refractivity contribution in [2.24, 2.45) is 5.84 Å². The summed E-state index contributed by atoms with van der Waals surface area (Å²) in [5, 5.41) is 5.31. The monoisotopic (exact) mass is 264 g/mol. The minimum Gasteiger partial charge on any atom is -0.355 e. The van der Waals surface area contributed by atoms with E-state index >= 15 is 0 Å². The molecule has 0 spiro atoms. The van der Waals surface area contributed by atoms with Crippen LogP contribution in [0.5, 0.6) is 0 Å². The van der Waals surface area contributed by atoms with Crippen LogP contribution in [-0.4, -0.2) is 24.4 Å². The number of anilines is 1. The molecule has 0 aliphatic rings. The van der Waals surface area contributed by atoms with Gasteiger partial charge in [0.1, 0.15) is 6.04 Å². The van der Waals surface area contributed by atoms with Crippen molar-refractivity contribution >= 4 is 17.5 Å². The average molecular weight is 264 g/mol. The molecule has 5 N–H and O–H groups in total. The molecule has 104 valence electrons. The minimum atomic E-state index is -0.570. The van der Waals surface area contributed by atoms with Crippen LogP contribution in [0.3, 0.4) is 0 Å². The van der Waals surface area contributed by atoms with Gasteiger partial charge in [-0.1, -0.05) is 0 Å². The zero-order valence-corrected chi connectivity index (χ0v) is 11.4. The highest BCUT2D eigenvalue weighted by Crippen LogP contribution is 2.14. The van der Waals surface area contributed by atoms with E-state index in [0.717, 1.165) is 11.3 Å². The number of aryl methyl sites for hydroxylation is 1. The largest absolute Gasteiger partial charge is 0.355 e. The molecule has 0 aliphatic heterocycles. The highest BCUT2D eigenvalue weighted by molar-refractivity contribution is 5.98. The second-order valence-corrected chi connectivity index (χ2v) is 4.26. The summed E-state index contributed by atoms with van der Waals surface area (Å²) in [4.78, 5) is 23.6. The van der Waals surface area contributed by atoms with Gasteiger partial charge in [-0.25, -0.2) is 0 Å². The fourth-order valence-electron chi connectivity index (χ4n) is 1.68. The molecule has 0 aliphatic carbocycles. The van der Waals surface area contributed by atoms with Gasteiger partial charge in [-0.2, -0.15) is 0 Å². The van der Waals surface area contributed by atoms with Gasteiger partial charge >= 0.3 is 0 Å². The van der Waals surface area contributed by atoms with Crippen LogP contribution in [0.2, 0.25) is 0 Å². The Bertz CT molecular complexity index is 474. The predicted octanol–water partition coefficient (Wildman–Crippen LogP) is 0.535. The molecule has 0 saturated carbocycles. The third-order valence-corrected chi connectivity index (χ3v) is 2.73. The van der Waals surface area contributed by atoms with E-state index in [9.17, 15) is 9.59 Å². The summed E-state index contributed by atoms with van der Waals surface area (Å²) in [6.45, 7) is 5.82. The molecule has 0 heterocycles. The lowest BCUT2D eigenvalue weighted by Crippen LogP contribution is -2.44. The van der Waals surface area contributed by atoms with Crippen molar-refractivity contribution in [3.05, 3.63) is 29.3 Å². The summed E-state index contributed by atoms with van der Waals surface area (Å²) in [5.41, 5.74) is 4.55. The predicted molar refractivity (Wildman–Crippen MR) is 74.6 cm³/mol.